The topological polar surface area (TPSA) is 43.4 Å². The van der Waals surface area contributed by atoms with Gasteiger partial charge in [0.15, 0.2) is 0 Å². The van der Waals surface area contributed by atoms with Gasteiger partial charge in [-0.2, -0.15) is 11.3 Å². The van der Waals surface area contributed by atoms with E-state index in [9.17, 15) is 9.59 Å². The van der Waals surface area contributed by atoms with Gasteiger partial charge in [-0.3, -0.25) is 9.59 Å². The zero-order chi connectivity index (χ0) is 9.47. The number of cyclic esters (lactones) is 2. The minimum atomic E-state index is -0.753. The highest BCUT2D eigenvalue weighted by Gasteiger charge is 2.46. The molecule has 13 heavy (non-hydrogen) atoms. The summed E-state index contributed by atoms with van der Waals surface area (Å²) in [6, 6.07) is 1.85. The Kier molecular flexibility index (Phi) is 1.73. The van der Waals surface area contributed by atoms with E-state index >= 15 is 0 Å². The van der Waals surface area contributed by atoms with Crippen LogP contribution >= 0.6 is 11.3 Å². The lowest BCUT2D eigenvalue weighted by molar-refractivity contribution is -0.153. The Morgan fingerprint density at radius 3 is 2.77 bits per heavy atom. The lowest BCUT2D eigenvalue weighted by Gasteiger charge is -2.15. The van der Waals surface area contributed by atoms with Gasteiger partial charge in [-0.25, -0.2) is 0 Å². The minimum absolute atomic E-state index is 0.155. The molecule has 1 aliphatic heterocycles. The van der Waals surface area contributed by atoms with Crippen LogP contribution in [-0.2, 0) is 19.7 Å². The van der Waals surface area contributed by atoms with Crippen molar-refractivity contribution in [2.75, 3.05) is 0 Å². The highest BCUT2D eigenvalue weighted by molar-refractivity contribution is 7.08. The van der Waals surface area contributed by atoms with E-state index in [2.05, 4.69) is 4.74 Å². The lowest BCUT2D eigenvalue weighted by Crippen LogP contribution is -2.26. The van der Waals surface area contributed by atoms with Crippen LogP contribution in [0.15, 0.2) is 16.8 Å². The molecule has 0 aliphatic carbocycles. The molecule has 0 N–H and O–H groups in total. The van der Waals surface area contributed by atoms with Gasteiger partial charge in [0.25, 0.3) is 0 Å². The molecular weight excluding hydrogens is 188 g/mol. The van der Waals surface area contributed by atoms with Gasteiger partial charge in [0.1, 0.15) is 5.41 Å². The van der Waals surface area contributed by atoms with E-state index in [0.29, 0.717) is 0 Å². The predicted octanol–water partition coefficient (Wildman–Crippen LogP) is 1.48. The van der Waals surface area contributed by atoms with Crippen molar-refractivity contribution < 1.29 is 14.3 Å². The Morgan fingerprint density at radius 1 is 1.54 bits per heavy atom. The fraction of sp³-hybridized carbons (Fsp3) is 0.333. The van der Waals surface area contributed by atoms with Crippen molar-refractivity contribution in [2.24, 2.45) is 0 Å². The molecular formula is C9H8O3S. The molecule has 1 unspecified atom stereocenters. The second-order valence-corrected chi connectivity index (χ2v) is 4.06. The highest BCUT2D eigenvalue weighted by atomic mass is 32.1. The van der Waals surface area contributed by atoms with Gasteiger partial charge in [-0.15, -0.1) is 0 Å². The fourth-order valence-corrected chi connectivity index (χ4v) is 2.20. The predicted molar refractivity (Wildman–Crippen MR) is 47.4 cm³/mol. The zero-order valence-electron chi connectivity index (χ0n) is 7.07. The average Bonchev–Trinajstić information content (AvgIpc) is 2.61. The van der Waals surface area contributed by atoms with E-state index in [0.717, 1.165) is 5.56 Å². The van der Waals surface area contributed by atoms with E-state index in [1.165, 1.54) is 11.3 Å². The second-order valence-electron chi connectivity index (χ2n) is 3.28. The Balaban J connectivity index is 2.42. The first-order chi connectivity index (χ1) is 6.13. The quantitative estimate of drug-likeness (QED) is 0.504. The van der Waals surface area contributed by atoms with E-state index in [-0.39, 0.29) is 6.42 Å². The number of thiophene rings is 1. The summed E-state index contributed by atoms with van der Waals surface area (Å²) >= 11 is 1.51. The van der Waals surface area contributed by atoms with E-state index in [1.807, 2.05) is 16.8 Å². The Hall–Kier alpha value is -1.16. The van der Waals surface area contributed by atoms with Crippen molar-refractivity contribution in [3.05, 3.63) is 22.4 Å². The Bertz CT molecular complexity index is 355. The third kappa shape index (κ3) is 1.18. The molecule has 0 amide bonds. The van der Waals surface area contributed by atoms with Crippen LogP contribution in [0.4, 0.5) is 0 Å². The SMILES string of the molecule is CC1(c2ccsc2)CC(=O)OC1=O. The van der Waals surface area contributed by atoms with E-state index < -0.39 is 17.4 Å². The molecule has 4 heteroatoms. The highest BCUT2D eigenvalue weighted by Crippen LogP contribution is 2.35. The Labute approximate surface area is 79.3 Å². The number of rotatable bonds is 1. The van der Waals surface area contributed by atoms with Crippen LogP contribution in [-0.4, -0.2) is 11.9 Å². The van der Waals surface area contributed by atoms with Crippen LogP contribution < -0.4 is 0 Å². The van der Waals surface area contributed by atoms with Crippen LogP contribution in [0.2, 0.25) is 0 Å². The fourth-order valence-electron chi connectivity index (χ4n) is 1.41. The molecule has 1 aliphatic rings. The summed E-state index contributed by atoms with van der Waals surface area (Å²) in [4.78, 5) is 22.3. The molecule has 0 radical (unpaired) electrons. The molecule has 1 atom stereocenters. The summed E-state index contributed by atoms with van der Waals surface area (Å²) in [5, 5.41) is 3.76. The van der Waals surface area contributed by atoms with Crippen molar-refractivity contribution in [1.29, 1.82) is 0 Å². The van der Waals surface area contributed by atoms with Crippen molar-refractivity contribution >= 4 is 23.3 Å². The van der Waals surface area contributed by atoms with Crippen molar-refractivity contribution in [1.82, 2.24) is 0 Å². The molecule has 0 aromatic carbocycles. The third-order valence-electron chi connectivity index (χ3n) is 2.31. The second kappa shape index (κ2) is 2.67. The lowest BCUT2D eigenvalue weighted by atomic mass is 9.83. The molecule has 68 valence electrons. The van der Waals surface area contributed by atoms with Gasteiger partial charge in [0.05, 0.1) is 6.42 Å². The number of esters is 2. The summed E-state index contributed by atoms with van der Waals surface area (Å²) in [5.74, 6) is -0.866. The standard InChI is InChI=1S/C9H8O3S/c1-9(6-2-3-13-5-6)4-7(10)12-8(9)11/h2-3,5H,4H2,1H3. The normalized spacial score (nSPS) is 27.8. The van der Waals surface area contributed by atoms with Gasteiger partial charge < -0.3 is 4.74 Å². The molecule has 0 spiro atoms. The number of ether oxygens (including phenoxy) is 1. The third-order valence-corrected chi connectivity index (χ3v) is 3.00. The molecule has 1 saturated heterocycles. The first kappa shape index (κ1) is 8.44. The molecule has 1 aromatic heterocycles. The molecule has 2 rings (SSSR count). The molecule has 1 aromatic rings. The summed E-state index contributed by atoms with van der Waals surface area (Å²) in [7, 11) is 0. The summed E-state index contributed by atoms with van der Waals surface area (Å²) in [6.07, 6.45) is 0.155. The smallest absolute Gasteiger partial charge is 0.324 e. The number of hydrogen-bond donors (Lipinski definition) is 0. The zero-order valence-corrected chi connectivity index (χ0v) is 7.89. The largest absolute Gasteiger partial charge is 0.392 e. The van der Waals surface area contributed by atoms with Gasteiger partial charge in [0.2, 0.25) is 0 Å². The molecule has 0 saturated carbocycles. The average molecular weight is 196 g/mol. The molecule has 2 heterocycles. The molecule has 3 nitrogen and oxygen atoms in total. The molecule has 0 bridgehead atoms. The summed E-state index contributed by atoms with van der Waals surface area (Å²) < 4.78 is 4.53. The van der Waals surface area contributed by atoms with Gasteiger partial charge >= 0.3 is 11.9 Å². The van der Waals surface area contributed by atoms with Crippen molar-refractivity contribution in [3.63, 3.8) is 0 Å². The maximum Gasteiger partial charge on any atom is 0.324 e. The van der Waals surface area contributed by atoms with Gasteiger partial charge in [-0.1, -0.05) is 0 Å². The number of carbonyl (C=O) groups is 2. The van der Waals surface area contributed by atoms with Crippen LogP contribution in [0.25, 0.3) is 0 Å². The van der Waals surface area contributed by atoms with Crippen LogP contribution in [0.1, 0.15) is 18.9 Å². The first-order valence-electron chi connectivity index (χ1n) is 3.91. The van der Waals surface area contributed by atoms with Gasteiger partial charge in [0, 0.05) is 0 Å². The van der Waals surface area contributed by atoms with Crippen LogP contribution in [0.5, 0.6) is 0 Å². The maximum atomic E-state index is 11.4. The van der Waals surface area contributed by atoms with Gasteiger partial charge in [-0.05, 0) is 29.3 Å². The van der Waals surface area contributed by atoms with Crippen LogP contribution in [0, 0.1) is 0 Å². The first-order valence-corrected chi connectivity index (χ1v) is 4.85. The summed E-state index contributed by atoms with van der Waals surface area (Å²) in [5.41, 5.74) is 0.116. The maximum absolute atomic E-state index is 11.4. The van der Waals surface area contributed by atoms with E-state index in [4.69, 9.17) is 0 Å². The Morgan fingerprint density at radius 2 is 2.31 bits per heavy atom. The van der Waals surface area contributed by atoms with Crippen molar-refractivity contribution in [3.8, 4) is 0 Å². The van der Waals surface area contributed by atoms with Crippen molar-refractivity contribution in [2.45, 2.75) is 18.8 Å². The van der Waals surface area contributed by atoms with E-state index in [1.54, 1.807) is 6.92 Å². The summed E-state index contributed by atoms with van der Waals surface area (Å²) in [6.45, 7) is 1.74. The van der Waals surface area contributed by atoms with Crippen LogP contribution in [0.3, 0.4) is 0 Å². The minimum Gasteiger partial charge on any atom is -0.392 e. The number of carbonyl (C=O) groups excluding carboxylic acids is 2. The molecule has 1 fully saturated rings. The number of hydrogen-bond acceptors (Lipinski definition) is 4. The monoisotopic (exact) mass is 196 g/mol.